The van der Waals surface area contributed by atoms with Crippen LogP contribution in [0.25, 0.3) is 11.5 Å². The van der Waals surface area contributed by atoms with Gasteiger partial charge in [0.05, 0.1) is 12.8 Å². The summed E-state index contributed by atoms with van der Waals surface area (Å²) in [6.07, 6.45) is 6.73. The fourth-order valence-corrected chi connectivity index (χ4v) is 2.34. The molecule has 0 aliphatic carbocycles. The molecule has 8 heteroatoms. The van der Waals surface area contributed by atoms with E-state index in [9.17, 15) is 9.59 Å². The van der Waals surface area contributed by atoms with Crippen molar-refractivity contribution in [3.8, 4) is 17.2 Å². The Morgan fingerprint density at radius 3 is 2.67 bits per heavy atom. The Morgan fingerprint density at radius 2 is 2.13 bits per heavy atom. The predicted octanol–water partition coefficient (Wildman–Crippen LogP) is 3.63. The van der Waals surface area contributed by atoms with Crippen molar-refractivity contribution in [2.45, 2.75) is 13.8 Å². The van der Waals surface area contributed by atoms with E-state index in [0.29, 0.717) is 17.0 Å². The highest BCUT2D eigenvalue weighted by molar-refractivity contribution is 5.94. The van der Waals surface area contributed by atoms with Crippen LogP contribution >= 0.6 is 0 Å². The van der Waals surface area contributed by atoms with Crippen molar-refractivity contribution in [1.82, 2.24) is 9.88 Å². The van der Waals surface area contributed by atoms with E-state index in [4.69, 9.17) is 14.3 Å². The number of ether oxygens (including phenoxy) is 1. The Labute approximate surface area is 176 Å². The van der Waals surface area contributed by atoms with E-state index >= 15 is 0 Å². The lowest BCUT2D eigenvalue weighted by atomic mass is 10.2. The normalized spacial score (nSPS) is 10.5. The van der Waals surface area contributed by atoms with Crippen molar-refractivity contribution < 1.29 is 23.8 Å². The van der Waals surface area contributed by atoms with E-state index in [1.165, 1.54) is 4.90 Å². The van der Waals surface area contributed by atoms with Gasteiger partial charge in [0.25, 0.3) is 5.91 Å². The molecule has 0 saturated heterocycles. The van der Waals surface area contributed by atoms with Gasteiger partial charge in [-0.2, -0.15) is 0 Å². The predicted molar refractivity (Wildman–Crippen MR) is 116 cm³/mol. The molecular weight excluding hydrogens is 386 g/mol. The van der Waals surface area contributed by atoms with Crippen molar-refractivity contribution in [1.29, 1.82) is 0 Å². The van der Waals surface area contributed by atoms with Crippen LogP contribution in [-0.4, -0.2) is 60.3 Å². The number of aromatic nitrogens is 1. The molecule has 0 aliphatic rings. The van der Waals surface area contributed by atoms with E-state index < -0.39 is 18.4 Å². The van der Waals surface area contributed by atoms with Crippen LogP contribution in [0.5, 0.6) is 5.75 Å². The zero-order chi connectivity index (χ0) is 22.5. The Kier molecular flexibility index (Phi) is 10.3. The average molecular weight is 413 g/mol. The van der Waals surface area contributed by atoms with Gasteiger partial charge in [0.2, 0.25) is 11.7 Å². The number of amides is 1. The molecule has 30 heavy (non-hydrogen) atoms. The SMILES string of the molecule is C/C=C/CN(CC(=O)O)C(=O)c1oc(-c2cccc(OC)c2)nc1C.C=CC=NC. The number of oxazole rings is 1. The second-order valence-electron chi connectivity index (χ2n) is 5.96. The van der Waals surface area contributed by atoms with E-state index in [1.54, 1.807) is 76.7 Å². The van der Waals surface area contributed by atoms with E-state index in [-0.39, 0.29) is 18.2 Å². The minimum Gasteiger partial charge on any atom is -0.497 e. The zero-order valence-corrected chi connectivity index (χ0v) is 17.7. The van der Waals surface area contributed by atoms with Gasteiger partial charge in [0, 0.05) is 25.4 Å². The largest absolute Gasteiger partial charge is 0.497 e. The molecule has 0 atom stereocenters. The van der Waals surface area contributed by atoms with Crippen LogP contribution in [0.15, 0.2) is 58.5 Å². The van der Waals surface area contributed by atoms with E-state index in [0.717, 1.165) is 0 Å². The minimum atomic E-state index is -1.09. The number of rotatable bonds is 8. The van der Waals surface area contributed by atoms with Crippen LogP contribution in [0.2, 0.25) is 0 Å². The van der Waals surface area contributed by atoms with Crippen molar-refractivity contribution in [2.75, 3.05) is 27.2 Å². The molecule has 1 amide bonds. The summed E-state index contributed by atoms with van der Waals surface area (Å²) in [4.78, 5) is 32.7. The summed E-state index contributed by atoms with van der Waals surface area (Å²) in [5.74, 6) is -0.658. The number of hydrogen-bond acceptors (Lipinski definition) is 6. The number of carbonyl (C=O) groups is 2. The summed E-state index contributed by atoms with van der Waals surface area (Å²) in [6, 6.07) is 7.11. The third-order valence-electron chi connectivity index (χ3n) is 3.74. The van der Waals surface area contributed by atoms with Crippen LogP contribution in [-0.2, 0) is 4.79 Å². The number of aryl methyl sites for hydroxylation is 1. The lowest BCUT2D eigenvalue weighted by molar-refractivity contribution is -0.137. The molecule has 2 aromatic rings. The number of aliphatic carboxylic acids is 1. The highest BCUT2D eigenvalue weighted by Gasteiger charge is 2.24. The highest BCUT2D eigenvalue weighted by Crippen LogP contribution is 2.25. The number of carbonyl (C=O) groups excluding carboxylic acids is 1. The number of allylic oxidation sites excluding steroid dienone is 2. The molecule has 0 bridgehead atoms. The molecule has 1 N–H and O–H groups in total. The maximum absolute atomic E-state index is 12.6. The molecule has 8 nitrogen and oxygen atoms in total. The fraction of sp³-hybridized carbons (Fsp3) is 0.273. The number of nitrogens with zero attached hydrogens (tertiary/aromatic N) is 3. The van der Waals surface area contributed by atoms with Gasteiger partial charge < -0.3 is 19.2 Å². The number of hydrogen-bond donors (Lipinski definition) is 1. The smallest absolute Gasteiger partial charge is 0.323 e. The maximum Gasteiger partial charge on any atom is 0.323 e. The molecule has 1 aromatic carbocycles. The standard InChI is InChI=1S/C18H20N2O5.C4H7N/c1-4-5-9-20(11-15(21)22)18(23)16-12(2)19-17(25-16)13-7-6-8-14(10-13)24-3;1-3-4-5-2/h4-8,10H,9,11H2,1-3H3,(H,21,22);3-4H,1H2,2H3/b5-4+;. The monoisotopic (exact) mass is 413 g/mol. The molecule has 0 fully saturated rings. The summed E-state index contributed by atoms with van der Waals surface area (Å²) < 4.78 is 10.8. The van der Waals surface area contributed by atoms with Crippen LogP contribution in [0.1, 0.15) is 23.2 Å². The first-order valence-electron chi connectivity index (χ1n) is 9.15. The first kappa shape index (κ1) is 24.4. The van der Waals surface area contributed by atoms with Gasteiger partial charge in [-0.3, -0.25) is 14.6 Å². The van der Waals surface area contributed by atoms with Crippen LogP contribution in [0.4, 0.5) is 0 Å². The number of benzene rings is 1. The van der Waals surface area contributed by atoms with Crippen molar-refractivity contribution in [3.63, 3.8) is 0 Å². The number of carboxylic acid groups (broad SMARTS) is 1. The first-order valence-corrected chi connectivity index (χ1v) is 9.15. The second-order valence-corrected chi connectivity index (χ2v) is 5.96. The molecule has 0 radical (unpaired) electrons. The summed E-state index contributed by atoms with van der Waals surface area (Å²) in [6.45, 7) is 6.60. The number of carboxylic acids is 1. The molecule has 0 aliphatic heterocycles. The van der Waals surface area contributed by atoms with Crippen molar-refractivity contribution in [2.24, 2.45) is 4.99 Å². The van der Waals surface area contributed by atoms with Crippen LogP contribution in [0, 0.1) is 6.92 Å². The Balaban J connectivity index is 0.000000804. The molecule has 2 rings (SSSR count). The summed E-state index contributed by atoms with van der Waals surface area (Å²) in [5.41, 5.74) is 1.07. The van der Waals surface area contributed by atoms with Gasteiger partial charge >= 0.3 is 5.97 Å². The first-order chi connectivity index (χ1) is 14.4. The molecule has 160 valence electrons. The number of methoxy groups -OCH3 is 1. The lowest BCUT2D eigenvalue weighted by Crippen LogP contribution is -2.36. The summed E-state index contributed by atoms with van der Waals surface area (Å²) in [5, 5.41) is 9.01. The minimum absolute atomic E-state index is 0.0311. The van der Waals surface area contributed by atoms with Crippen molar-refractivity contribution >= 4 is 18.1 Å². The summed E-state index contributed by atoms with van der Waals surface area (Å²) >= 11 is 0. The zero-order valence-electron chi connectivity index (χ0n) is 17.7. The van der Waals surface area contributed by atoms with E-state index in [1.807, 2.05) is 0 Å². The van der Waals surface area contributed by atoms with Crippen molar-refractivity contribution in [3.05, 3.63) is 60.5 Å². The van der Waals surface area contributed by atoms with Crippen LogP contribution in [0.3, 0.4) is 0 Å². The quantitative estimate of drug-likeness (QED) is 0.523. The van der Waals surface area contributed by atoms with Gasteiger partial charge in [-0.1, -0.05) is 30.9 Å². The van der Waals surface area contributed by atoms with Gasteiger partial charge in [0.1, 0.15) is 12.3 Å². The molecule has 1 heterocycles. The summed E-state index contributed by atoms with van der Waals surface area (Å²) in [7, 11) is 3.27. The molecule has 0 unspecified atom stereocenters. The fourth-order valence-electron chi connectivity index (χ4n) is 2.34. The highest BCUT2D eigenvalue weighted by atomic mass is 16.5. The lowest BCUT2D eigenvalue weighted by Gasteiger charge is -2.17. The van der Waals surface area contributed by atoms with Gasteiger partial charge in [-0.05, 0) is 32.0 Å². The average Bonchev–Trinajstić information content (AvgIpc) is 3.13. The molecular formula is C22H27N3O5. The topological polar surface area (TPSA) is 105 Å². The van der Waals surface area contributed by atoms with Gasteiger partial charge in [-0.25, -0.2) is 4.98 Å². The maximum atomic E-state index is 12.6. The Hall–Kier alpha value is -3.68. The number of aliphatic imine (C=N–C) groups is 1. The van der Waals surface area contributed by atoms with E-state index in [2.05, 4.69) is 16.6 Å². The third-order valence-corrected chi connectivity index (χ3v) is 3.74. The Bertz CT molecular complexity index is 915. The van der Waals surface area contributed by atoms with Gasteiger partial charge in [-0.15, -0.1) is 0 Å². The van der Waals surface area contributed by atoms with Crippen LogP contribution < -0.4 is 4.74 Å². The second kappa shape index (κ2) is 12.7. The molecule has 0 saturated carbocycles. The Morgan fingerprint density at radius 1 is 1.40 bits per heavy atom. The van der Waals surface area contributed by atoms with Gasteiger partial charge in [0.15, 0.2) is 0 Å². The molecule has 0 spiro atoms. The molecule has 1 aromatic heterocycles. The third kappa shape index (κ3) is 7.38.